The van der Waals surface area contributed by atoms with Crippen molar-refractivity contribution in [1.29, 1.82) is 0 Å². The molecule has 0 radical (unpaired) electrons. The van der Waals surface area contributed by atoms with Crippen molar-refractivity contribution in [3.8, 4) is 5.54 Å². The van der Waals surface area contributed by atoms with Crippen LogP contribution in [0.15, 0.2) is 0 Å². The third kappa shape index (κ3) is 10.7. The maximum absolute atomic E-state index is 6.67. The van der Waals surface area contributed by atoms with E-state index in [-0.39, 0.29) is 19.5 Å². The zero-order valence-corrected chi connectivity index (χ0v) is 9.17. The van der Waals surface area contributed by atoms with Crippen LogP contribution < -0.4 is 0 Å². The van der Waals surface area contributed by atoms with Gasteiger partial charge in [0.2, 0.25) is 0 Å². The van der Waals surface area contributed by atoms with Crippen molar-refractivity contribution in [2.45, 2.75) is 19.6 Å². The Morgan fingerprint density at radius 3 is 1.43 bits per heavy atom. The van der Waals surface area contributed by atoms with Crippen molar-refractivity contribution in [3.63, 3.8) is 0 Å². The molecule has 0 nitrogen and oxygen atoms in total. The van der Waals surface area contributed by atoms with Crippen LogP contribution in [-0.2, 0) is 19.5 Å². The Morgan fingerprint density at radius 2 is 1.43 bits per heavy atom. The van der Waals surface area contributed by atoms with Gasteiger partial charge in [-0.05, 0) is 0 Å². The van der Waals surface area contributed by atoms with Gasteiger partial charge in [-0.3, -0.25) is 0 Å². The van der Waals surface area contributed by atoms with Crippen molar-refractivity contribution in [2.24, 2.45) is 0 Å². The van der Waals surface area contributed by atoms with Crippen LogP contribution in [0.5, 0.6) is 0 Å². The molecule has 0 aliphatic heterocycles. The summed E-state index contributed by atoms with van der Waals surface area (Å²) in [5.74, 6) is 0. The van der Waals surface area contributed by atoms with Crippen LogP contribution in [0.25, 0.3) is 0 Å². The summed E-state index contributed by atoms with van der Waals surface area (Å²) in [5, 5.41) is 0. The van der Waals surface area contributed by atoms with E-state index in [1.165, 1.54) is 0 Å². The summed E-state index contributed by atoms with van der Waals surface area (Å²) >= 11 is 0. The average Bonchev–Trinajstić information content (AvgIpc) is 1.35. The van der Waals surface area contributed by atoms with Crippen LogP contribution in [0.4, 0.5) is 0 Å². The fourth-order valence-electron chi connectivity index (χ4n) is 0. The second-order valence-electron chi connectivity index (χ2n) is 2.38. The molecule has 0 spiro atoms. The predicted octanol–water partition coefficient (Wildman–Crippen LogP) is 1.45. The van der Waals surface area contributed by atoms with Crippen LogP contribution in [-0.4, -0.2) is 8.07 Å². The largest absolute Gasteiger partial charge is 0.701 e. The van der Waals surface area contributed by atoms with Crippen molar-refractivity contribution in [2.75, 3.05) is 0 Å². The molecule has 36 valence electrons. The van der Waals surface area contributed by atoms with Crippen molar-refractivity contribution in [1.82, 2.24) is 0 Å². The summed E-state index contributed by atoms with van der Waals surface area (Å²) in [6, 6.07) is 0. The first kappa shape index (κ1) is 10.4. The van der Waals surface area contributed by atoms with Gasteiger partial charge < -0.3 is 12.0 Å². The van der Waals surface area contributed by atoms with Gasteiger partial charge in [-0.25, -0.2) is 0 Å². The molecule has 0 N–H and O–H groups in total. The smallest absolute Gasteiger partial charge is 0.0806 e. The topological polar surface area (TPSA) is 0 Å². The molecule has 0 atom stereocenters. The molecule has 0 saturated heterocycles. The van der Waals surface area contributed by atoms with Crippen LogP contribution in [0.1, 0.15) is 0 Å². The molecule has 0 aromatic heterocycles. The van der Waals surface area contributed by atoms with Gasteiger partial charge in [0, 0.05) is 19.5 Å². The van der Waals surface area contributed by atoms with E-state index in [1.807, 2.05) is 0 Å². The Hall–Kier alpha value is 0.400. The second kappa shape index (κ2) is 3.41. The van der Waals surface area contributed by atoms with Gasteiger partial charge in [-0.2, -0.15) is 0 Å². The number of rotatable bonds is 0. The van der Waals surface area contributed by atoms with E-state index >= 15 is 0 Å². The maximum Gasteiger partial charge on any atom is 0.0806 e. The fraction of sp³-hybridized carbons (Fsp3) is 0.600. The number of hydrogen-bond donors (Lipinski definition) is 0. The first-order valence-electron chi connectivity index (χ1n) is 2.00. The van der Waals surface area contributed by atoms with Gasteiger partial charge in [0.25, 0.3) is 0 Å². The van der Waals surface area contributed by atoms with Crippen LogP contribution in [0.2, 0.25) is 19.6 Å². The zero-order chi connectivity index (χ0) is 5.21. The van der Waals surface area contributed by atoms with E-state index in [1.54, 1.807) is 0 Å². The SMILES string of the molecule is [C-]#C[Si](C)(C)C.[Zn]. The van der Waals surface area contributed by atoms with E-state index in [2.05, 4.69) is 25.2 Å². The standard InChI is InChI=1S/C5H9Si.Zn/c1-5-6(2,3)4;/h2-4H3;/q-1;. The van der Waals surface area contributed by atoms with Gasteiger partial charge in [0.1, 0.15) is 0 Å². The third-order valence-electron chi connectivity index (χ3n) is 0.375. The molecule has 0 bridgehead atoms. The fourth-order valence-corrected chi connectivity index (χ4v) is 0. The van der Waals surface area contributed by atoms with Gasteiger partial charge >= 0.3 is 0 Å². The summed E-state index contributed by atoms with van der Waals surface area (Å²) in [5.41, 5.74) is 2.49. The van der Waals surface area contributed by atoms with Crippen molar-refractivity contribution >= 4 is 8.07 Å². The molecule has 0 aliphatic carbocycles. The molecule has 0 saturated carbocycles. The first-order valence-corrected chi connectivity index (χ1v) is 5.50. The molecule has 0 heterocycles. The molecule has 0 aliphatic rings. The average molecular weight is 163 g/mol. The third-order valence-corrected chi connectivity index (χ3v) is 1.12. The van der Waals surface area contributed by atoms with Crippen LogP contribution >= 0.6 is 0 Å². The van der Waals surface area contributed by atoms with E-state index in [9.17, 15) is 0 Å². The van der Waals surface area contributed by atoms with Crippen molar-refractivity contribution < 1.29 is 19.5 Å². The summed E-state index contributed by atoms with van der Waals surface area (Å²) in [6.45, 7) is 6.25. The summed E-state index contributed by atoms with van der Waals surface area (Å²) in [4.78, 5) is 0. The normalized spacial score (nSPS) is 8.86. The van der Waals surface area contributed by atoms with E-state index in [4.69, 9.17) is 6.42 Å². The molecule has 0 fully saturated rings. The Labute approximate surface area is 59.5 Å². The van der Waals surface area contributed by atoms with Crippen LogP contribution in [0, 0.1) is 12.0 Å². The number of hydrogen-bond acceptors (Lipinski definition) is 0. The Morgan fingerprint density at radius 1 is 1.29 bits per heavy atom. The summed E-state index contributed by atoms with van der Waals surface area (Å²) in [6.07, 6.45) is 6.67. The summed E-state index contributed by atoms with van der Waals surface area (Å²) < 4.78 is 0. The quantitative estimate of drug-likeness (QED) is 0.287. The maximum atomic E-state index is 6.67. The van der Waals surface area contributed by atoms with Crippen molar-refractivity contribution in [3.05, 3.63) is 6.42 Å². The molecule has 0 amide bonds. The molecular formula is C5H9SiZn-. The van der Waals surface area contributed by atoms with Gasteiger partial charge in [-0.1, -0.05) is 19.6 Å². The minimum atomic E-state index is -1.21. The molecule has 0 unspecified atom stereocenters. The minimum Gasteiger partial charge on any atom is -0.701 e. The minimum absolute atomic E-state index is 0. The molecule has 0 aromatic rings. The van der Waals surface area contributed by atoms with E-state index < -0.39 is 8.07 Å². The van der Waals surface area contributed by atoms with Gasteiger partial charge in [-0.15, -0.1) is 0 Å². The molecular weight excluding hydrogens is 154 g/mol. The molecule has 2 heteroatoms. The Kier molecular flexibility index (Phi) is 5.06. The molecule has 0 rings (SSSR count). The predicted molar refractivity (Wildman–Crippen MR) is 30.5 cm³/mol. The Bertz CT molecular complexity index is 75.1. The molecule has 0 aromatic carbocycles. The van der Waals surface area contributed by atoms with Gasteiger partial charge in [0.15, 0.2) is 0 Å². The second-order valence-corrected chi connectivity index (χ2v) is 7.12. The molecule has 7 heavy (non-hydrogen) atoms. The monoisotopic (exact) mass is 161 g/mol. The van der Waals surface area contributed by atoms with Gasteiger partial charge in [0.05, 0.1) is 8.07 Å². The van der Waals surface area contributed by atoms with Crippen LogP contribution in [0.3, 0.4) is 0 Å². The van der Waals surface area contributed by atoms with E-state index in [0.29, 0.717) is 0 Å². The first-order chi connectivity index (χ1) is 2.56. The van der Waals surface area contributed by atoms with E-state index in [0.717, 1.165) is 0 Å². The summed E-state index contributed by atoms with van der Waals surface area (Å²) in [7, 11) is -1.21. The zero-order valence-electron chi connectivity index (χ0n) is 5.21. The Balaban J connectivity index is 0.